The molecule has 144 valence electrons. The zero-order chi connectivity index (χ0) is 17.7. The fourth-order valence-corrected chi connectivity index (χ4v) is 3.09. The van der Waals surface area contributed by atoms with E-state index in [1.54, 1.807) is 0 Å². The molecule has 26 heavy (non-hydrogen) atoms. The Morgan fingerprint density at radius 1 is 1.23 bits per heavy atom. The maximum Gasteiger partial charge on any atom is 0.253 e. The number of amides is 2. The van der Waals surface area contributed by atoms with Gasteiger partial charge in [-0.05, 0) is 43.4 Å². The third-order valence-electron chi connectivity index (χ3n) is 4.71. The van der Waals surface area contributed by atoms with Crippen molar-refractivity contribution in [2.45, 2.75) is 43.9 Å². The molecule has 2 aliphatic heterocycles. The minimum atomic E-state index is -0.857. The standard InChI is InChI=1S/C18H25N3O4.ClH/c19-18(6-9-24-10-7-18)17(23)20-12-13-3-1-4-14(11-13)21-16(22)15-5-2-8-25-15;/h1,3-4,11,15H,2,5-10,12,19H2,(H,20,23)(H,21,22);1H. The topological polar surface area (TPSA) is 103 Å². The summed E-state index contributed by atoms with van der Waals surface area (Å²) in [6.07, 6.45) is 2.35. The molecule has 0 saturated carbocycles. The van der Waals surface area contributed by atoms with E-state index in [0.717, 1.165) is 18.4 Å². The van der Waals surface area contributed by atoms with Crippen molar-refractivity contribution in [2.75, 3.05) is 25.1 Å². The zero-order valence-electron chi connectivity index (χ0n) is 14.7. The van der Waals surface area contributed by atoms with Crippen LogP contribution in [-0.2, 0) is 25.6 Å². The van der Waals surface area contributed by atoms with Crippen LogP contribution < -0.4 is 16.4 Å². The molecule has 8 heteroatoms. The number of benzene rings is 1. The number of ether oxygens (including phenoxy) is 2. The Morgan fingerprint density at radius 2 is 2.00 bits per heavy atom. The molecule has 2 aliphatic rings. The van der Waals surface area contributed by atoms with Crippen LogP contribution >= 0.6 is 12.4 Å². The second-order valence-electron chi connectivity index (χ2n) is 6.64. The first-order valence-electron chi connectivity index (χ1n) is 8.73. The summed E-state index contributed by atoms with van der Waals surface area (Å²) in [6, 6.07) is 7.41. The Kier molecular flexibility index (Phi) is 7.40. The molecule has 0 aromatic heterocycles. The lowest BCUT2D eigenvalue weighted by Crippen LogP contribution is -2.56. The van der Waals surface area contributed by atoms with Gasteiger partial charge in [0.05, 0.1) is 5.54 Å². The Balaban J connectivity index is 0.00000243. The molecule has 2 amide bonds. The molecular weight excluding hydrogens is 358 g/mol. The first-order chi connectivity index (χ1) is 12.1. The summed E-state index contributed by atoms with van der Waals surface area (Å²) in [4.78, 5) is 24.5. The van der Waals surface area contributed by atoms with Gasteiger partial charge in [0.25, 0.3) is 5.91 Å². The molecule has 1 aromatic rings. The van der Waals surface area contributed by atoms with Crippen LogP contribution in [0.2, 0.25) is 0 Å². The first-order valence-corrected chi connectivity index (χ1v) is 8.73. The largest absolute Gasteiger partial charge is 0.381 e. The molecule has 3 rings (SSSR count). The minimum Gasteiger partial charge on any atom is -0.381 e. The van der Waals surface area contributed by atoms with E-state index in [9.17, 15) is 9.59 Å². The average molecular weight is 384 g/mol. The number of carbonyl (C=O) groups excluding carboxylic acids is 2. The summed E-state index contributed by atoms with van der Waals surface area (Å²) in [5, 5.41) is 5.75. The maximum absolute atomic E-state index is 12.4. The van der Waals surface area contributed by atoms with Gasteiger partial charge in [0.15, 0.2) is 0 Å². The van der Waals surface area contributed by atoms with E-state index < -0.39 is 5.54 Å². The predicted molar refractivity (Wildman–Crippen MR) is 100 cm³/mol. The highest BCUT2D eigenvalue weighted by atomic mass is 35.5. The van der Waals surface area contributed by atoms with E-state index in [1.165, 1.54) is 0 Å². The Hall–Kier alpha value is -1.67. The van der Waals surface area contributed by atoms with Crippen LogP contribution in [-0.4, -0.2) is 43.3 Å². The van der Waals surface area contributed by atoms with Crippen LogP contribution in [0.25, 0.3) is 0 Å². The lowest BCUT2D eigenvalue weighted by Gasteiger charge is -2.31. The van der Waals surface area contributed by atoms with Gasteiger partial charge in [-0.2, -0.15) is 0 Å². The third kappa shape index (κ3) is 5.17. The van der Waals surface area contributed by atoms with E-state index in [2.05, 4.69) is 10.6 Å². The highest BCUT2D eigenvalue weighted by Crippen LogP contribution is 2.19. The molecule has 1 atom stereocenters. The monoisotopic (exact) mass is 383 g/mol. The molecule has 1 unspecified atom stereocenters. The number of rotatable bonds is 5. The molecule has 0 spiro atoms. The minimum absolute atomic E-state index is 0. The maximum atomic E-state index is 12.4. The molecule has 7 nitrogen and oxygen atoms in total. The van der Waals surface area contributed by atoms with E-state index in [1.807, 2.05) is 24.3 Å². The second-order valence-corrected chi connectivity index (χ2v) is 6.64. The van der Waals surface area contributed by atoms with Crippen LogP contribution in [0.3, 0.4) is 0 Å². The fourth-order valence-electron chi connectivity index (χ4n) is 3.09. The normalized spacial score (nSPS) is 21.5. The lowest BCUT2D eigenvalue weighted by atomic mass is 9.90. The van der Waals surface area contributed by atoms with Crippen molar-refractivity contribution in [3.8, 4) is 0 Å². The van der Waals surface area contributed by atoms with Crippen molar-refractivity contribution < 1.29 is 19.1 Å². The predicted octanol–water partition coefficient (Wildman–Crippen LogP) is 1.35. The van der Waals surface area contributed by atoms with Crippen molar-refractivity contribution in [3.05, 3.63) is 29.8 Å². The third-order valence-corrected chi connectivity index (χ3v) is 4.71. The Morgan fingerprint density at radius 3 is 2.69 bits per heavy atom. The molecule has 0 bridgehead atoms. The van der Waals surface area contributed by atoms with Gasteiger partial charge >= 0.3 is 0 Å². The lowest BCUT2D eigenvalue weighted by molar-refractivity contribution is -0.130. The molecular formula is C18H26ClN3O4. The van der Waals surface area contributed by atoms with Gasteiger partial charge in [0.2, 0.25) is 5.91 Å². The number of anilines is 1. The van der Waals surface area contributed by atoms with Gasteiger partial charge in [-0.1, -0.05) is 12.1 Å². The van der Waals surface area contributed by atoms with Crippen molar-refractivity contribution in [3.63, 3.8) is 0 Å². The summed E-state index contributed by atoms with van der Waals surface area (Å²) < 4.78 is 10.6. The molecule has 2 saturated heterocycles. The van der Waals surface area contributed by atoms with Crippen molar-refractivity contribution in [1.29, 1.82) is 0 Å². The van der Waals surface area contributed by atoms with Gasteiger partial charge in [-0.3, -0.25) is 9.59 Å². The van der Waals surface area contributed by atoms with Crippen molar-refractivity contribution in [1.82, 2.24) is 5.32 Å². The van der Waals surface area contributed by atoms with E-state index in [4.69, 9.17) is 15.2 Å². The van der Waals surface area contributed by atoms with E-state index in [0.29, 0.717) is 44.9 Å². The molecule has 0 aliphatic carbocycles. The Labute approximate surface area is 159 Å². The van der Waals surface area contributed by atoms with Crippen LogP contribution in [0, 0.1) is 0 Å². The fraction of sp³-hybridized carbons (Fsp3) is 0.556. The smallest absolute Gasteiger partial charge is 0.253 e. The summed E-state index contributed by atoms with van der Waals surface area (Å²) >= 11 is 0. The highest BCUT2D eigenvalue weighted by Gasteiger charge is 2.35. The highest BCUT2D eigenvalue weighted by molar-refractivity contribution is 5.94. The van der Waals surface area contributed by atoms with Crippen molar-refractivity contribution in [2.24, 2.45) is 5.73 Å². The van der Waals surface area contributed by atoms with Gasteiger partial charge in [0, 0.05) is 32.1 Å². The Bertz CT molecular complexity index is 629. The van der Waals surface area contributed by atoms with Crippen LogP contribution in [0.15, 0.2) is 24.3 Å². The van der Waals surface area contributed by atoms with Gasteiger partial charge < -0.3 is 25.8 Å². The summed E-state index contributed by atoms with van der Waals surface area (Å²) in [6.45, 7) is 2.02. The van der Waals surface area contributed by atoms with Crippen molar-refractivity contribution >= 4 is 29.9 Å². The summed E-state index contributed by atoms with van der Waals surface area (Å²) in [5.74, 6) is -0.286. The number of halogens is 1. The van der Waals surface area contributed by atoms with E-state index >= 15 is 0 Å². The summed E-state index contributed by atoms with van der Waals surface area (Å²) in [7, 11) is 0. The van der Waals surface area contributed by atoms with Crippen LogP contribution in [0.5, 0.6) is 0 Å². The molecule has 1 aromatic carbocycles. The molecule has 0 radical (unpaired) electrons. The van der Waals surface area contributed by atoms with Gasteiger partial charge in [-0.15, -0.1) is 12.4 Å². The number of hydrogen-bond acceptors (Lipinski definition) is 5. The SMILES string of the molecule is Cl.NC1(C(=O)NCc2cccc(NC(=O)C3CCCO3)c2)CCOCC1. The second kappa shape index (κ2) is 9.32. The van der Waals surface area contributed by atoms with Gasteiger partial charge in [0.1, 0.15) is 6.10 Å². The molecule has 4 N–H and O–H groups in total. The number of carbonyl (C=O) groups is 2. The average Bonchev–Trinajstić information content (AvgIpc) is 3.15. The van der Waals surface area contributed by atoms with Gasteiger partial charge in [-0.25, -0.2) is 0 Å². The first kappa shape index (κ1) is 20.6. The molecule has 2 heterocycles. The number of nitrogens with one attached hydrogen (secondary N) is 2. The summed E-state index contributed by atoms with van der Waals surface area (Å²) in [5.41, 5.74) is 6.90. The zero-order valence-corrected chi connectivity index (χ0v) is 15.5. The molecule has 2 fully saturated rings. The van der Waals surface area contributed by atoms with Crippen LogP contribution in [0.4, 0.5) is 5.69 Å². The van der Waals surface area contributed by atoms with Crippen LogP contribution in [0.1, 0.15) is 31.2 Å². The number of hydrogen-bond donors (Lipinski definition) is 3. The quantitative estimate of drug-likeness (QED) is 0.712. The number of nitrogens with two attached hydrogens (primary N) is 1. The van der Waals surface area contributed by atoms with E-state index in [-0.39, 0.29) is 30.3 Å².